The molecule has 0 bridgehead atoms. The molecular weight excluding hydrogens is 352 g/mol. The molecule has 1 fully saturated rings. The molecule has 6 heteroatoms. The molecule has 4 rings (SSSR count). The summed E-state index contributed by atoms with van der Waals surface area (Å²) in [5.74, 6) is 0.816. The van der Waals surface area contributed by atoms with Crippen LogP contribution >= 0.6 is 0 Å². The Labute approximate surface area is 164 Å². The number of nitrogens with one attached hydrogen (secondary N) is 1. The van der Waals surface area contributed by atoms with E-state index in [9.17, 15) is 4.79 Å². The molecule has 28 heavy (non-hydrogen) atoms. The third kappa shape index (κ3) is 4.53. The van der Waals surface area contributed by atoms with Gasteiger partial charge in [-0.1, -0.05) is 42.5 Å². The van der Waals surface area contributed by atoms with Gasteiger partial charge in [-0.15, -0.1) is 10.2 Å². The molecule has 1 aliphatic heterocycles. The maximum atomic E-state index is 12.3. The van der Waals surface area contributed by atoms with Crippen LogP contribution in [0.5, 0.6) is 0 Å². The zero-order valence-electron chi connectivity index (χ0n) is 15.5. The Hall–Kier alpha value is -3.25. The molecule has 1 saturated heterocycles. The van der Waals surface area contributed by atoms with E-state index in [1.165, 1.54) is 0 Å². The fourth-order valence-electron chi connectivity index (χ4n) is 3.18. The third-order valence-electron chi connectivity index (χ3n) is 4.64. The summed E-state index contributed by atoms with van der Waals surface area (Å²) in [5, 5.41) is 11.7. The predicted octanol–water partition coefficient (Wildman–Crippen LogP) is 3.16. The highest BCUT2D eigenvalue weighted by atomic mass is 16.5. The lowest BCUT2D eigenvalue weighted by Crippen LogP contribution is -2.36. The molecule has 0 radical (unpaired) electrons. The van der Waals surface area contributed by atoms with Crippen molar-refractivity contribution >= 4 is 17.4 Å². The summed E-state index contributed by atoms with van der Waals surface area (Å²) in [6.07, 6.45) is 0.346. The van der Waals surface area contributed by atoms with Crippen molar-refractivity contribution in [3.63, 3.8) is 0 Å². The van der Waals surface area contributed by atoms with E-state index in [1.807, 2.05) is 66.7 Å². The smallest absolute Gasteiger partial charge is 0.228 e. The van der Waals surface area contributed by atoms with Crippen LogP contribution in [0.1, 0.15) is 5.56 Å². The highest BCUT2D eigenvalue weighted by Crippen LogP contribution is 2.22. The first-order chi connectivity index (χ1) is 13.8. The number of ether oxygens (including phenoxy) is 1. The van der Waals surface area contributed by atoms with Gasteiger partial charge in [-0.3, -0.25) is 4.79 Å². The van der Waals surface area contributed by atoms with Crippen molar-refractivity contribution in [3.05, 3.63) is 72.3 Å². The van der Waals surface area contributed by atoms with E-state index in [2.05, 4.69) is 20.4 Å². The molecule has 1 aromatic heterocycles. The predicted molar refractivity (Wildman–Crippen MR) is 109 cm³/mol. The van der Waals surface area contributed by atoms with Gasteiger partial charge in [0.1, 0.15) is 0 Å². The van der Waals surface area contributed by atoms with Crippen LogP contribution < -0.4 is 10.2 Å². The van der Waals surface area contributed by atoms with Gasteiger partial charge >= 0.3 is 0 Å². The summed E-state index contributed by atoms with van der Waals surface area (Å²) in [4.78, 5) is 14.5. The van der Waals surface area contributed by atoms with Gasteiger partial charge in [-0.05, 0) is 29.8 Å². The minimum Gasteiger partial charge on any atom is -0.378 e. The first-order valence-electron chi connectivity index (χ1n) is 9.38. The standard InChI is InChI=1S/C22H22N4O2/c27-22(15-17-5-2-1-3-6-17)23-19-8-4-7-18(16-19)20-9-10-21(25-24-20)26-11-13-28-14-12-26/h1-10,16H,11-15H2,(H,23,27). The zero-order valence-corrected chi connectivity index (χ0v) is 15.5. The average Bonchev–Trinajstić information content (AvgIpc) is 2.75. The minimum absolute atomic E-state index is 0.0444. The van der Waals surface area contributed by atoms with Crippen LogP contribution in [-0.4, -0.2) is 42.4 Å². The Morgan fingerprint density at radius 3 is 2.54 bits per heavy atom. The topological polar surface area (TPSA) is 67.4 Å². The van der Waals surface area contributed by atoms with Crippen LogP contribution in [0.2, 0.25) is 0 Å². The van der Waals surface area contributed by atoms with Crippen molar-refractivity contribution in [1.29, 1.82) is 0 Å². The van der Waals surface area contributed by atoms with E-state index in [0.29, 0.717) is 19.6 Å². The van der Waals surface area contributed by atoms with Crippen molar-refractivity contribution in [2.45, 2.75) is 6.42 Å². The molecule has 2 heterocycles. The first-order valence-corrected chi connectivity index (χ1v) is 9.38. The Morgan fingerprint density at radius 2 is 1.79 bits per heavy atom. The Kier molecular flexibility index (Phi) is 5.58. The number of carbonyl (C=O) groups is 1. The van der Waals surface area contributed by atoms with E-state index in [4.69, 9.17) is 4.74 Å². The lowest BCUT2D eigenvalue weighted by molar-refractivity contribution is -0.115. The van der Waals surface area contributed by atoms with Crippen LogP contribution in [0.4, 0.5) is 11.5 Å². The Balaban J connectivity index is 1.43. The van der Waals surface area contributed by atoms with Crippen molar-refractivity contribution in [1.82, 2.24) is 10.2 Å². The highest BCUT2D eigenvalue weighted by Gasteiger charge is 2.13. The van der Waals surface area contributed by atoms with Crippen LogP contribution in [0, 0.1) is 0 Å². The average molecular weight is 374 g/mol. The summed E-state index contributed by atoms with van der Waals surface area (Å²) in [7, 11) is 0. The van der Waals surface area contributed by atoms with Gasteiger partial charge in [-0.2, -0.15) is 0 Å². The summed E-state index contributed by atoms with van der Waals surface area (Å²) < 4.78 is 5.37. The molecule has 1 N–H and O–H groups in total. The number of hydrogen-bond acceptors (Lipinski definition) is 5. The molecular formula is C22H22N4O2. The van der Waals surface area contributed by atoms with E-state index >= 15 is 0 Å². The van der Waals surface area contributed by atoms with Crippen LogP contribution in [0.3, 0.4) is 0 Å². The lowest BCUT2D eigenvalue weighted by Gasteiger charge is -2.27. The van der Waals surface area contributed by atoms with E-state index in [1.54, 1.807) is 0 Å². The van der Waals surface area contributed by atoms with Crippen molar-refractivity contribution in [3.8, 4) is 11.3 Å². The SMILES string of the molecule is O=C(Cc1ccccc1)Nc1cccc(-c2ccc(N3CCOCC3)nn2)c1. The molecule has 0 saturated carbocycles. The molecule has 3 aromatic rings. The number of rotatable bonds is 5. The number of benzene rings is 2. The van der Waals surface area contributed by atoms with Gasteiger partial charge in [0.25, 0.3) is 0 Å². The second-order valence-corrected chi connectivity index (χ2v) is 6.67. The largest absolute Gasteiger partial charge is 0.378 e. The molecule has 0 unspecified atom stereocenters. The summed E-state index contributed by atoms with van der Waals surface area (Å²) in [6.45, 7) is 3.09. The number of hydrogen-bond donors (Lipinski definition) is 1. The number of carbonyl (C=O) groups excluding carboxylic acids is 1. The van der Waals surface area contributed by atoms with Crippen LogP contribution in [0.15, 0.2) is 66.7 Å². The van der Waals surface area contributed by atoms with E-state index in [-0.39, 0.29) is 5.91 Å². The zero-order chi connectivity index (χ0) is 19.2. The van der Waals surface area contributed by atoms with E-state index in [0.717, 1.165) is 41.4 Å². The summed E-state index contributed by atoms with van der Waals surface area (Å²) in [6, 6.07) is 21.3. The second kappa shape index (κ2) is 8.63. The van der Waals surface area contributed by atoms with Crippen molar-refractivity contribution < 1.29 is 9.53 Å². The molecule has 1 amide bonds. The molecule has 0 spiro atoms. The van der Waals surface area contributed by atoms with Gasteiger partial charge in [0.2, 0.25) is 5.91 Å². The van der Waals surface area contributed by atoms with Gasteiger partial charge < -0.3 is 15.0 Å². The van der Waals surface area contributed by atoms with Gasteiger partial charge in [-0.25, -0.2) is 0 Å². The van der Waals surface area contributed by atoms with E-state index < -0.39 is 0 Å². The van der Waals surface area contributed by atoms with Gasteiger partial charge in [0.05, 0.1) is 25.3 Å². The summed E-state index contributed by atoms with van der Waals surface area (Å²) in [5.41, 5.74) is 3.42. The third-order valence-corrected chi connectivity index (χ3v) is 4.64. The number of nitrogens with zero attached hydrogens (tertiary/aromatic N) is 3. The van der Waals surface area contributed by atoms with Crippen molar-refractivity contribution in [2.75, 3.05) is 36.5 Å². The van der Waals surface area contributed by atoms with Crippen LogP contribution in [-0.2, 0) is 16.0 Å². The van der Waals surface area contributed by atoms with Crippen LogP contribution in [0.25, 0.3) is 11.3 Å². The lowest BCUT2D eigenvalue weighted by atomic mass is 10.1. The highest BCUT2D eigenvalue weighted by molar-refractivity contribution is 5.92. The fourth-order valence-corrected chi connectivity index (χ4v) is 3.18. The molecule has 0 atom stereocenters. The maximum absolute atomic E-state index is 12.3. The number of anilines is 2. The Morgan fingerprint density at radius 1 is 0.964 bits per heavy atom. The second-order valence-electron chi connectivity index (χ2n) is 6.67. The molecule has 6 nitrogen and oxygen atoms in total. The molecule has 0 aliphatic carbocycles. The first kappa shape index (κ1) is 18.1. The van der Waals surface area contributed by atoms with Gasteiger partial charge in [0.15, 0.2) is 5.82 Å². The molecule has 142 valence electrons. The minimum atomic E-state index is -0.0444. The monoisotopic (exact) mass is 374 g/mol. The fraction of sp³-hybridized carbons (Fsp3) is 0.227. The quantitative estimate of drug-likeness (QED) is 0.743. The number of aromatic nitrogens is 2. The van der Waals surface area contributed by atoms with Gasteiger partial charge in [0, 0.05) is 24.3 Å². The molecule has 1 aliphatic rings. The molecule has 2 aromatic carbocycles. The number of morpholine rings is 1. The normalized spacial score (nSPS) is 13.9. The van der Waals surface area contributed by atoms with Crippen molar-refractivity contribution in [2.24, 2.45) is 0 Å². The number of amides is 1. The maximum Gasteiger partial charge on any atom is 0.228 e. The Bertz CT molecular complexity index is 923. The summed E-state index contributed by atoms with van der Waals surface area (Å²) >= 11 is 0.